The van der Waals surface area contributed by atoms with Gasteiger partial charge in [0.25, 0.3) is 0 Å². The zero-order valence-electron chi connectivity index (χ0n) is 26.1. The van der Waals surface area contributed by atoms with Gasteiger partial charge in [-0.05, 0) is 116 Å². The standard InChI is InChI=1S/C43H27NO2S3/c45-49(46,31-20-16-29(17-21-31)34-11-7-9-28-8-1-2-10-33(28)34)32-22-18-30(19-23-32)44-39-14-5-3-12-35(39)43(36-13-4-6-15-40(36)44)37-24-26-47-41(37)42-38(43)25-27-48-42/h1-27H. The Kier molecular flexibility index (Phi) is 6.22. The third-order valence-corrected chi connectivity index (χ3v) is 13.9. The van der Waals surface area contributed by atoms with Crippen LogP contribution < -0.4 is 4.90 Å². The summed E-state index contributed by atoms with van der Waals surface area (Å²) in [4.78, 5) is 5.53. The molecule has 0 N–H and O–H groups in total. The van der Waals surface area contributed by atoms with Gasteiger partial charge < -0.3 is 4.90 Å². The maximum Gasteiger partial charge on any atom is 0.206 e. The minimum atomic E-state index is -3.74. The zero-order valence-corrected chi connectivity index (χ0v) is 28.5. The quantitative estimate of drug-likeness (QED) is 0.185. The van der Waals surface area contributed by atoms with Crippen LogP contribution in [0.2, 0.25) is 0 Å². The third-order valence-electron chi connectivity index (χ3n) is 10.1. The number of rotatable bonds is 4. The number of nitrogens with zero attached hydrogens (tertiary/aromatic N) is 1. The van der Waals surface area contributed by atoms with Crippen molar-refractivity contribution in [2.75, 3.05) is 4.90 Å². The van der Waals surface area contributed by atoms with Crippen LogP contribution in [-0.4, -0.2) is 8.42 Å². The minimum Gasteiger partial charge on any atom is -0.310 e. The lowest BCUT2D eigenvalue weighted by atomic mass is 9.65. The Balaban J connectivity index is 1.05. The van der Waals surface area contributed by atoms with Gasteiger partial charge in [0.05, 0.1) is 26.6 Å². The summed E-state index contributed by atoms with van der Waals surface area (Å²) >= 11 is 3.63. The van der Waals surface area contributed by atoms with E-state index in [1.165, 1.54) is 32.0 Å². The van der Waals surface area contributed by atoms with Crippen molar-refractivity contribution >= 4 is 60.3 Å². The predicted molar refractivity (Wildman–Crippen MR) is 203 cm³/mol. The van der Waals surface area contributed by atoms with Crippen molar-refractivity contribution in [2.45, 2.75) is 15.2 Å². The summed E-state index contributed by atoms with van der Waals surface area (Å²) in [5.41, 5.74) is 9.90. The van der Waals surface area contributed by atoms with Crippen molar-refractivity contribution in [3.8, 4) is 20.9 Å². The molecule has 1 aliphatic carbocycles. The largest absolute Gasteiger partial charge is 0.310 e. The van der Waals surface area contributed by atoms with Crippen LogP contribution in [0, 0.1) is 0 Å². The van der Waals surface area contributed by atoms with E-state index in [0.717, 1.165) is 39.0 Å². The number of sulfone groups is 1. The Morgan fingerprint density at radius 1 is 0.490 bits per heavy atom. The molecular weight excluding hydrogens is 659 g/mol. The van der Waals surface area contributed by atoms with Gasteiger partial charge in [0.2, 0.25) is 9.84 Å². The molecule has 3 heterocycles. The number of hydrogen-bond donors (Lipinski definition) is 0. The lowest BCUT2D eigenvalue weighted by molar-refractivity contribution is 0.596. The highest BCUT2D eigenvalue weighted by atomic mass is 32.2. The molecule has 0 saturated heterocycles. The summed E-state index contributed by atoms with van der Waals surface area (Å²) in [6, 6.07) is 51.0. The number of para-hydroxylation sites is 2. The first-order valence-electron chi connectivity index (χ1n) is 16.2. The lowest BCUT2D eigenvalue weighted by Crippen LogP contribution is -2.35. The van der Waals surface area contributed by atoms with E-state index >= 15 is 0 Å². The molecule has 0 atom stereocenters. The lowest BCUT2D eigenvalue weighted by Gasteiger charge is -2.44. The maximum absolute atomic E-state index is 13.9. The highest BCUT2D eigenvalue weighted by molar-refractivity contribution is 7.91. The second kappa shape index (κ2) is 10.6. The van der Waals surface area contributed by atoms with Gasteiger partial charge in [-0.3, -0.25) is 0 Å². The molecule has 8 aromatic rings. The molecule has 1 spiro atoms. The van der Waals surface area contributed by atoms with E-state index in [9.17, 15) is 8.42 Å². The molecule has 2 aliphatic rings. The van der Waals surface area contributed by atoms with E-state index in [1.54, 1.807) is 24.3 Å². The Morgan fingerprint density at radius 3 is 1.65 bits per heavy atom. The van der Waals surface area contributed by atoms with Crippen molar-refractivity contribution in [1.82, 2.24) is 0 Å². The molecular formula is C43H27NO2S3. The fraction of sp³-hybridized carbons (Fsp3) is 0.0233. The summed E-state index contributed by atoms with van der Waals surface area (Å²) in [6.07, 6.45) is 0. The first-order chi connectivity index (χ1) is 24.1. The smallest absolute Gasteiger partial charge is 0.206 e. The van der Waals surface area contributed by atoms with Gasteiger partial charge in [0, 0.05) is 15.4 Å². The third kappa shape index (κ3) is 3.96. The second-order valence-electron chi connectivity index (χ2n) is 12.5. The number of anilines is 3. The molecule has 2 aromatic heterocycles. The maximum atomic E-state index is 13.9. The second-order valence-corrected chi connectivity index (χ2v) is 16.3. The SMILES string of the molecule is O=S(=O)(c1ccc(-c2cccc3ccccc23)cc1)c1ccc(N2c3ccccc3C3(c4ccccc42)c2ccsc2-c2sccc23)cc1. The Labute approximate surface area is 292 Å². The molecule has 0 fully saturated rings. The monoisotopic (exact) mass is 685 g/mol. The van der Waals surface area contributed by atoms with Crippen LogP contribution in [-0.2, 0) is 15.3 Å². The van der Waals surface area contributed by atoms with E-state index in [0.29, 0.717) is 0 Å². The van der Waals surface area contributed by atoms with Crippen LogP contribution in [0.3, 0.4) is 0 Å². The van der Waals surface area contributed by atoms with Gasteiger partial charge in [-0.15, -0.1) is 22.7 Å². The van der Waals surface area contributed by atoms with Crippen LogP contribution in [0.25, 0.3) is 31.7 Å². The van der Waals surface area contributed by atoms with E-state index in [-0.39, 0.29) is 9.79 Å². The molecule has 6 heteroatoms. The van der Waals surface area contributed by atoms with Gasteiger partial charge in [-0.2, -0.15) is 0 Å². The van der Waals surface area contributed by atoms with Crippen LogP contribution >= 0.6 is 22.7 Å². The molecule has 0 radical (unpaired) electrons. The van der Waals surface area contributed by atoms with Gasteiger partial charge in [0.15, 0.2) is 0 Å². The molecule has 0 saturated carbocycles. The van der Waals surface area contributed by atoms with E-state index in [1.807, 2.05) is 65.1 Å². The van der Waals surface area contributed by atoms with E-state index in [4.69, 9.17) is 0 Å². The molecule has 0 amide bonds. The molecule has 49 heavy (non-hydrogen) atoms. The average molecular weight is 686 g/mol. The van der Waals surface area contributed by atoms with Crippen molar-refractivity contribution in [2.24, 2.45) is 0 Å². The Hall–Kier alpha value is -5.27. The number of thiophene rings is 2. The number of fused-ring (bicyclic) bond motifs is 10. The van der Waals surface area contributed by atoms with Crippen LogP contribution in [0.5, 0.6) is 0 Å². The summed E-state index contributed by atoms with van der Waals surface area (Å²) in [7, 11) is -3.74. The van der Waals surface area contributed by atoms with Crippen LogP contribution in [0.1, 0.15) is 22.3 Å². The molecule has 10 rings (SSSR count). The number of benzene rings is 6. The Morgan fingerprint density at radius 2 is 1.02 bits per heavy atom. The highest BCUT2D eigenvalue weighted by Crippen LogP contribution is 2.65. The van der Waals surface area contributed by atoms with Crippen LogP contribution in [0.4, 0.5) is 17.1 Å². The number of hydrogen-bond acceptors (Lipinski definition) is 5. The summed E-state index contributed by atoms with van der Waals surface area (Å²) in [5, 5.41) is 6.72. The molecule has 3 nitrogen and oxygen atoms in total. The molecule has 1 aliphatic heterocycles. The fourth-order valence-electron chi connectivity index (χ4n) is 8.01. The van der Waals surface area contributed by atoms with Gasteiger partial charge in [-0.1, -0.05) is 91.0 Å². The summed E-state index contributed by atoms with van der Waals surface area (Å²) < 4.78 is 27.8. The molecule has 0 unspecified atom stereocenters. The van der Waals surface area contributed by atoms with Gasteiger partial charge in [-0.25, -0.2) is 8.42 Å². The van der Waals surface area contributed by atoms with Crippen molar-refractivity contribution in [1.29, 1.82) is 0 Å². The zero-order chi connectivity index (χ0) is 32.7. The molecule has 234 valence electrons. The predicted octanol–water partition coefficient (Wildman–Crippen LogP) is 11.6. The normalized spacial score (nSPS) is 14.0. The first-order valence-corrected chi connectivity index (χ1v) is 19.4. The van der Waals surface area contributed by atoms with E-state index < -0.39 is 15.3 Å². The fourth-order valence-corrected chi connectivity index (χ4v) is 11.4. The van der Waals surface area contributed by atoms with Crippen molar-refractivity contribution in [3.63, 3.8) is 0 Å². The topological polar surface area (TPSA) is 37.4 Å². The minimum absolute atomic E-state index is 0.269. The highest BCUT2D eigenvalue weighted by Gasteiger charge is 2.52. The van der Waals surface area contributed by atoms with Crippen LogP contribution in [0.15, 0.2) is 172 Å². The Bertz CT molecular complexity index is 2590. The molecule has 0 bridgehead atoms. The van der Waals surface area contributed by atoms with Crippen molar-refractivity contribution < 1.29 is 8.42 Å². The van der Waals surface area contributed by atoms with Crippen molar-refractivity contribution in [3.05, 3.63) is 185 Å². The van der Waals surface area contributed by atoms with Gasteiger partial charge >= 0.3 is 0 Å². The van der Waals surface area contributed by atoms with Gasteiger partial charge in [0.1, 0.15) is 0 Å². The summed E-state index contributed by atoms with van der Waals surface area (Å²) in [5.74, 6) is 0. The average Bonchev–Trinajstić information content (AvgIpc) is 3.89. The summed E-state index contributed by atoms with van der Waals surface area (Å²) in [6.45, 7) is 0. The first kappa shape index (κ1) is 28.7. The van der Waals surface area contributed by atoms with E-state index in [2.05, 4.69) is 101 Å². The molecule has 6 aromatic carbocycles.